The fourth-order valence-electron chi connectivity index (χ4n) is 2.58. The van der Waals surface area contributed by atoms with Crippen LogP contribution in [0.25, 0.3) is 0 Å². The number of hydrogen-bond acceptors (Lipinski definition) is 8. The van der Waals surface area contributed by atoms with E-state index in [1.165, 1.54) is 44.4 Å². The van der Waals surface area contributed by atoms with Gasteiger partial charge in [0.05, 0.1) is 29.4 Å². The van der Waals surface area contributed by atoms with Gasteiger partial charge in [-0.05, 0) is 31.2 Å². The molecule has 0 aromatic heterocycles. The predicted molar refractivity (Wildman–Crippen MR) is 101 cm³/mol. The number of nitro benzene ring substituents is 1. The summed E-state index contributed by atoms with van der Waals surface area (Å²) in [6, 6.07) is 8.34. The zero-order valence-corrected chi connectivity index (χ0v) is 15.7. The van der Waals surface area contributed by atoms with Crippen LogP contribution in [0.3, 0.4) is 0 Å². The molecule has 0 saturated heterocycles. The molecule has 0 saturated carbocycles. The third-order valence-electron chi connectivity index (χ3n) is 4.08. The highest BCUT2D eigenvalue weighted by Crippen LogP contribution is 2.31. The van der Waals surface area contributed by atoms with Gasteiger partial charge in [-0.25, -0.2) is 4.79 Å². The number of carbonyl (C=O) groups is 2. The number of carbonyl (C=O) groups excluding carboxylic acids is 2. The Morgan fingerprint density at radius 1 is 1.14 bits per heavy atom. The van der Waals surface area contributed by atoms with Crippen molar-refractivity contribution in [2.75, 3.05) is 25.6 Å². The normalized spacial score (nSPS) is 13.2. The summed E-state index contributed by atoms with van der Waals surface area (Å²) in [6.45, 7) is 2.21. The van der Waals surface area contributed by atoms with Crippen LogP contribution in [0.4, 0.5) is 11.4 Å². The molecule has 29 heavy (non-hydrogen) atoms. The summed E-state index contributed by atoms with van der Waals surface area (Å²) in [5.41, 5.74) is 0.241. The van der Waals surface area contributed by atoms with E-state index in [2.05, 4.69) is 5.32 Å². The Morgan fingerprint density at radius 3 is 2.55 bits per heavy atom. The standard InChI is InChI=1S/C19H18N2O8/c1-11(18(22)20-14-5-4-13(21(24)25)10-16(14)26-2)29-19(23)12-3-6-15-17(9-12)28-8-7-27-15/h3-6,9-11H,7-8H2,1-2H3,(H,20,22)/t11-/m0/s1. The lowest BCUT2D eigenvalue weighted by molar-refractivity contribution is -0.384. The number of hydrogen-bond donors (Lipinski definition) is 1. The first-order valence-corrected chi connectivity index (χ1v) is 8.63. The second-order valence-electron chi connectivity index (χ2n) is 6.04. The zero-order valence-electron chi connectivity index (χ0n) is 15.7. The molecule has 3 rings (SSSR count). The number of nitrogens with zero attached hydrogens (tertiary/aromatic N) is 1. The summed E-state index contributed by atoms with van der Waals surface area (Å²) >= 11 is 0. The van der Waals surface area contributed by atoms with Crippen molar-refractivity contribution < 1.29 is 33.5 Å². The van der Waals surface area contributed by atoms with Gasteiger partial charge >= 0.3 is 5.97 Å². The molecule has 0 radical (unpaired) electrons. The number of ether oxygens (including phenoxy) is 4. The fraction of sp³-hybridized carbons (Fsp3) is 0.263. The van der Waals surface area contributed by atoms with Crippen LogP contribution in [0.1, 0.15) is 17.3 Å². The van der Waals surface area contributed by atoms with Gasteiger partial charge in [0.1, 0.15) is 19.0 Å². The molecule has 10 heteroatoms. The molecule has 152 valence electrons. The van der Waals surface area contributed by atoms with Gasteiger partial charge in [-0.1, -0.05) is 0 Å². The first-order chi connectivity index (χ1) is 13.9. The summed E-state index contributed by atoms with van der Waals surface area (Å²) in [7, 11) is 1.32. The molecule has 0 unspecified atom stereocenters. The first-order valence-electron chi connectivity index (χ1n) is 8.63. The summed E-state index contributed by atoms with van der Waals surface area (Å²) in [5.74, 6) is -0.261. The summed E-state index contributed by atoms with van der Waals surface area (Å²) in [4.78, 5) is 35.0. The Hall–Kier alpha value is -3.82. The Bertz CT molecular complexity index is 959. The maximum atomic E-state index is 12.4. The van der Waals surface area contributed by atoms with Crippen LogP contribution >= 0.6 is 0 Å². The number of nitro groups is 1. The fourth-order valence-corrected chi connectivity index (χ4v) is 2.58. The van der Waals surface area contributed by atoms with Crippen molar-refractivity contribution in [2.24, 2.45) is 0 Å². The van der Waals surface area contributed by atoms with Gasteiger partial charge in [0.15, 0.2) is 17.6 Å². The molecule has 1 aliphatic heterocycles. The quantitative estimate of drug-likeness (QED) is 0.444. The lowest BCUT2D eigenvalue weighted by atomic mass is 10.2. The summed E-state index contributed by atoms with van der Waals surface area (Å²) in [5, 5.41) is 13.4. The lowest BCUT2D eigenvalue weighted by Crippen LogP contribution is -2.30. The van der Waals surface area contributed by atoms with Crippen molar-refractivity contribution in [3.8, 4) is 17.2 Å². The van der Waals surface area contributed by atoms with E-state index in [0.29, 0.717) is 24.7 Å². The number of non-ortho nitro benzene ring substituents is 1. The average Bonchev–Trinajstić information content (AvgIpc) is 2.73. The molecule has 1 aliphatic rings. The topological polar surface area (TPSA) is 126 Å². The number of benzene rings is 2. The molecule has 1 amide bonds. The Balaban J connectivity index is 1.66. The first kappa shape index (κ1) is 19.9. The zero-order chi connectivity index (χ0) is 21.0. The van der Waals surface area contributed by atoms with Crippen molar-refractivity contribution in [1.82, 2.24) is 0 Å². The summed E-state index contributed by atoms with van der Waals surface area (Å²) < 4.78 is 21.1. The molecule has 2 aromatic carbocycles. The van der Waals surface area contributed by atoms with Crippen LogP contribution in [-0.2, 0) is 9.53 Å². The van der Waals surface area contributed by atoms with E-state index in [0.717, 1.165) is 0 Å². The molecule has 0 spiro atoms. The number of amides is 1. The molecular weight excluding hydrogens is 384 g/mol. The molecule has 10 nitrogen and oxygen atoms in total. The second-order valence-corrected chi connectivity index (χ2v) is 6.04. The number of nitrogens with one attached hydrogen (secondary N) is 1. The minimum absolute atomic E-state index is 0.109. The highest BCUT2D eigenvalue weighted by atomic mass is 16.6. The highest BCUT2D eigenvalue weighted by molar-refractivity contribution is 5.98. The number of fused-ring (bicyclic) bond motifs is 1. The van der Waals surface area contributed by atoms with E-state index in [-0.39, 0.29) is 22.7 Å². The van der Waals surface area contributed by atoms with Crippen molar-refractivity contribution in [2.45, 2.75) is 13.0 Å². The average molecular weight is 402 g/mol. The van der Waals surface area contributed by atoms with Crippen molar-refractivity contribution >= 4 is 23.3 Å². The van der Waals surface area contributed by atoms with Gasteiger partial charge in [-0.3, -0.25) is 14.9 Å². The number of anilines is 1. The maximum absolute atomic E-state index is 12.4. The maximum Gasteiger partial charge on any atom is 0.339 e. The van der Waals surface area contributed by atoms with Crippen LogP contribution in [0.5, 0.6) is 17.2 Å². The third kappa shape index (κ3) is 4.54. The molecular formula is C19H18N2O8. The van der Waals surface area contributed by atoms with Gasteiger partial charge in [-0.2, -0.15) is 0 Å². The van der Waals surface area contributed by atoms with Gasteiger partial charge in [0.2, 0.25) is 0 Å². The second kappa shape index (κ2) is 8.46. The van der Waals surface area contributed by atoms with Crippen LogP contribution in [-0.4, -0.2) is 43.2 Å². The SMILES string of the molecule is COc1cc([N+](=O)[O-])ccc1NC(=O)[C@H](C)OC(=O)c1ccc2c(c1)OCCO2. The van der Waals surface area contributed by atoms with E-state index in [9.17, 15) is 19.7 Å². The van der Waals surface area contributed by atoms with Crippen molar-refractivity contribution in [3.63, 3.8) is 0 Å². The van der Waals surface area contributed by atoms with E-state index in [1.54, 1.807) is 6.07 Å². The Morgan fingerprint density at radius 2 is 1.86 bits per heavy atom. The molecule has 2 aromatic rings. The van der Waals surface area contributed by atoms with E-state index >= 15 is 0 Å². The van der Waals surface area contributed by atoms with E-state index in [1.807, 2.05) is 0 Å². The summed E-state index contributed by atoms with van der Waals surface area (Å²) in [6.07, 6.45) is -1.13. The smallest absolute Gasteiger partial charge is 0.339 e. The van der Waals surface area contributed by atoms with Crippen LogP contribution in [0.2, 0.25) is 0 Å². The number of esters is 1. The van der Waals surface area contributed by atoms with Gasteiger partial charge in [0.25, 0.3) is 11.6 Å². The minimum Gasteiger partial charge on any atom is -0.494 e. The number of methoxy groups -OCH3 is 1. The molecule has 1 atom stereocenters. The number of rotatable bonds is 6. The van der Waals surface area contributed by atoms with Gasteiger partial charge < -0.3 is 24.3 Å². The lowest BCUT2D eigenvalue weighted by Gasteiger charge is -2.19. The Labute approximate surface area is 165 Å². The van der Waals surface area contributed by atoms with Crippen LogP contribution in [0.15, 0.2) is 36.4 Å². The minimum atomic E-state index is -1.13. The van der Waals surface area contributed by atoms with E-state index in [4.69, 9.17) is 18.9 Å². The molecule has 1 N–H and O–H groups in total. The highest BCUT2D eigenvalue weighted by Gasteiger charge is 2.22. The van der Waals surface area contributed by atoms with Crippen molar-refractivity contribution in [3.05, 3.63) is 52.1 Å². The van der Waals surface area contributed by atoms with Gasteiger partial charge in [0, 0.05) is 6.07 Å². The monoisotopic (exact) mass is 402 g/mol. The van der Waals surface area contributed by atoms with Crippen LogP contribution in [0, 0.1) is 10.1 Å². The molecule has 0 aliphatic carbocycles. The molecule has 0 bridgehead atoms. The van der Waals surface area contributed by atoms with E-state index < -0.39 is 22.9 Å². The molecule has 0 fully saturated rings. The van der Waals surface area contributed by atoms with Gasteiger partial charge in [-0.15, -0.1) is 0 Å². The Kier molecular flexibility index (Phi) is 5.82. The van der Waals surface area contributed by atoms with Crippen LogP contribution < -0.4 is 19.5 Å². The molecule has 1 heterocycles. The largest absolute Gasteiger partial charge is 0.494 e. The predicted octanol–water partition coefficient (Wildman–Crippen LogP) is 2.56. The third-order valence-corrected chi connectivity index (χ3v) is 4.08. The van der Waals surface area contributed by atoms with Crippen molar-refractivity contribution in [1.29, 1.82) is 0 Å².